The summed E-state index contributed by atoms with van der Waals surface area (Å²) in [6, 6.07) is 0.961. The number of anilines is 1. The van der Waals surface area contributed by atoms with Crippen LogP contribution in [0.4, 0.5) is 18.9 Å². The molecule has 150 valence electrons. The summed E-state index contributed by atoms with van der Waals surface area (Å²) in [6.45, 7) is 4.86. The quantitative estimate of drug-likeness (QED) is 0.667. The van der Waals surface area contributed by atoms with Crippen molar-refractivity contribution in [3.8, 4) is 0 Å². The molecular formula is C17H20F3N7O. The molecule has 3 rings (SSSR count). The highest BCUT2D eigenvalue weighted by Gasteiger charge is 2.34. The summed E-state index contributed by atoms with van der Waals surface area (Å²) in [7, 11) is 0. The molecule has 1 amide bonds. The lowest BCUT2D eigenvalue weighted by Crippen LogP contribution is -2.16. The summed E-state index contributed by atoms with van der Waals surface area (Å²) in [5.74, 6) is -0.332. The normalized spacial score (nSPS) is 11.8. The highest BCUT2D eigenvalue weighted by molar-refractivity contribution is 5.90. The van der Waals surface area contributed by atoms with Crippen molar-refractivity contribution < 1.29 is 18.0 Å². The molecule has 0 aliphatic carbocycles. The number of rotatable bonds is 7. The van der Waals surface area contributed by atoms with Crippen molar-refractivity contribution in [3.05, 3.63) is 47.8 Å². The Bertz CT molecular complexity index is 954. The summed E-state index contributed by atoms with van der Waals surface area (Å²) in [5, 5.41) is 14.6. The van der Waals surface area contributed by atoms with Crippen LogP contribution in [-0.2, 0) is 30.6 Å². The number of aryl methyl sites for hydroxylation is 3. The van der Waals surface area contributed by atoms with Crippen LogP contribution in [0.25, 0.3) is 0 Å². The molecule has 1 N–H and O–H groups in total. The van der Waals surface area contributed by atoms with Gasteiger partial charge in [-0.2, -0.15) is 28.5 Å². The Labute approximate surface area is 158 Å². The van der Waals surface area contributed by atoms with Gasteiger partial charge in [-0.15, -0.1) is 0 Å². The van der Waals surface area contributed by atoms with Crippen LogP contribution in [0, 0.1) is 6.92 Å². The van der Waals surface area contributed by atoms with Crippen molar-refractivity contribution in [2.75, 3.05) is 5.32 Å². The Balaban J connectivity index is 1.53. The molecule has 0 aliphatic rings. The summed E-state index contributed by atoms with van der Waals surface area (Å²) < 4.78 is 42.7. The minimum atomic E-state index is -4.50. The van der Waals surface area contributed by atoms with Crippen LogP contribution in [0.15, 0.2) is 30.9 Å². The van der Waals surface area contributed by atoms with Crippen molar-refractivity contribution in [2.45, 2.75) is 46.1 Å². The average Bonchev–Trinajstić information content (AvgIpc) is 3.33. The summed E-state index contributed by atoms with van der Waals surface area (Å²) in [5.41, 5.74) is 0.886. The number of amides is 1. The molecule has 0 bridgehead atoms. The van der Waals surface area contributed by atoms with Crippen molar-refractivity contribution in [2.24, 2.45) is 0 Å². The third kappa shape index (κ3) is 4.78. The van der Waals surface area contributed by atoms with E-state index in [2.05, 4.69) is 20.6 Å². The van der Waals surface area contributed by atoms with Crippen molar-refractivity contribution in [3.63, 3.8) is 0 Å². The zero-order valence-electron chi connectivity index (χ0n) is 15.4. The van der Waals surface area contributed by atoms with Crippen LogP contribution in [0.2, 0.25) is 0 Å². The van der Waals surface area contributed by atoms with Crippen LogP contribution in [-0.4, -0.2) is 35.2 Å². The van der Waals surface area contributed by atoms with Gasteiger partial charge in [0.05, 0.1) is 24.6 Å². The van der Waals surface area contributed by atoms with Gasteiger partial charge in [-0.25, -0.2) is 0 Å². The molecule has 0 unspecified atom stereocenters. The number of alkyl halides is 3. The standard InChI is InChI=1S/C17H20F3N7O/c1-3-25-9-13(7-21-25)10-26-11-14(8-22-26)23-16(28)4-5-27-12(2)6-15(24-27)17(18,19)20/h6-9,11H,3-5,10H2,1-2H3,(H,23,28). The number of nitrogens with one attached hydrogen (secondary N) is 1. The van der Waals surface area contributed by atoms with E-state index in [0.29, 0.717) is 17.9 Å². The maximum absolute atomic E-state index is 12.7. The maximum Gasteiger partial charge on any atom is 0.435 e. The van der Waals surface area contributed by atoms with Crippen molar-refractivity contribution in [1.29, 1.82) is 0 Å². The first-order valence-electron chi connectivity index (χ1n) is 8.70. The fraction of sp³-hybridized carbons (Fsp3) is 0.412. The van der Waals surface area contributed by atoms with E-state index in [1.165, 1.54) is 17.8 Å². The molecule has 0 fully saturated rings. The number of carbonyl (C=O) groups excluding carboxylic acids is 1. The van der Waals surface area contributed by atoms with E-state index in [9.17, 15) is 18.0 Å². The van der Waals surface area contributed by atoms with E-state index in [1.807, 2.05) is 17.8 Å². The summed E-state index contributed by atoms with van der Waals surface area (Å²) >= 11 is 0. The van der Waals surface area contributed by atoms with E-state index >= 15 is 0 Å². The SMILES string of the molecule is CCn1cc(Cn2cc(NC(=O)CCn3nc(C(F)(F)F)cc3C)cn2)cn1. The van der Waals surface area contributed by atoms with E-state index in [-0.39, 0.29) is 18.9 Å². The van der Waals surface area contributed by atoms with E-state index in [1.54, 1.807) is 17.1 Å². The third-order valence-electron chi connectivity index (χ3n) is 4.09. The molecule has 0 saturated heterocycles. The number of hydrogen-bond donors (Lipinski definition) is 1. The second-order valence-electron chi connectivity index (χ2n) is 6.32. The molecule has 0 atom stereocenters. The van der Waals surface area contributed by atoms with Gasteiger partial charge in [0.25, 0.3) is 0 Å². The Kier molecular flexibility index (Phi) is 5.52. The van der Waals surface area contributed by atoms with Crippen LogP contribution >= 0.6 is 0 Å². The zero-order chi connectivity index (χ0) is 20.3. The molecule has 0 radical (unpaired) electrons. The van der Waals surface area contributed by atoms with Crippen LogP contribution < -0.4 is 5.32 Å². The lowest BCUT2D eigenvalue weighted by atomic mass is 10.3. The van der Waals surface area contributed by atoms with E-state index < -0.39 is 11.9 Å². The van der Waals surface area contributed by atoms with E-state index in [0.717, 1.165) is 18.2 Å². The first kappa shape index (κ1) is 19.6. The first-order chi connectivity index (χ1) is 13.2. The molecule has 0 aliphatic heterocycles. The molecule has 3 heterocycles. The molecule has 8 nitrogen and oxygen atoms in total. The summed E-state index contributed by atoms with van der Waals surface area (Å²) in [6.07, 6.45) is 2.37. The average molecular weight is 395 g/mol. The number of hydrogen-bond acceptors (Lipinski definition) is 4. The highest BCUT2D eigenvalue weighted by atomic mass is 19.4. The largest absolute Gasteiger partial charge is 0.435 e. The molecule has 0 aromatic carbocycles. The minimum Gasteiger partial charge on any atom is -0.323 e. The fourth-order valence-electron chi connectivity index (χ4n) is 2.67. The van der Waals surface area contributed by atoms with Gasteiger partial charge in [0, 0.05) is 43.2 Å². The summed E-state index contributed by atoms with van der Waals surface area (Å²) in [4.78, 5) is 12.1. The van der Waals surface area contributed by atoms with Gasteiger partial charge in [0.2, 0.25) is 5.91 Å². The van der Waals surface area contributed by atoms with Gasteiger partial charge in [-0.05, 0) is 19.9 Å². The van der Waals surface area contributed by atoms with Gasteiger partial charge >= 0.3 is 6.18 Å². The zero-order valence-corrected chi connectivity index (χ0v) is 15.4. The topological polar surface area (TPSA) is 82.6 Å². The first-order valence-corrected chi connectivity index (χ1v) is 8.70. The molecule has 28 heavy (non-hydrogen) atoms. The number of halogens is 3. The Morgan fingerprint density at radius 1 is 1.18 bits per heavy atom. The second-order valence-corrected chi connectivity index (χ2v) is 6.32. The molecular weight excluding hydrogens is 375 g/mol. The molecule has 3 aromatic heterocycles. The van der Waals surface area contributed by atoms with Gasteiger partial charge in [-0.1, -0.05) is 0 Å². The van der Waals surface area contributed by atoms with Crippen LogP contribution in [0.3, 0.4) is 0 Å². The predicted octanol–water partition coefficient (Wildman–Crippen LogP) is 2.70. The van der Waals surface area contributed by atoms with Gasteiger partial charge in [0.15, 0.2) is 5.69 Å². The third-order valence-corrected chi connectivity index (χ3v) is 4.09. The second kappa shape index (κ2) is 7.87. The van der Waals surface area contributed by atoms with Crippen LogP contribution in [0.5, 0.6) is 0 Å². The van der Waals surface area contributed by atoms with Crippen molar-refractivity contribution >= 4 is 11.6 Å². The Morgan fingerprint density at radius 3 is 2.57 bits per heavy atom. The lowest BCUT2D eigenvalue weighted by Gasteiger charge is -2.05. The van der Waals surface area contributed by atoms with Gasteiger partial charge in [0.1, 0.15) is 0 Å². The number of nitrogens with zero attached hydrogens (tertiary/aromatic N) is 6. The monoisotopic (exact) mass is 395 g/mol. The van der Waals surface area contributed by atoms with Crippen molar-refractivity contribution in [1.82, 2.24) is 29.3 Å². The molecule has 3 aromatic rings. The Morgan fingerprint density at radius 2 is 1.93 bits per heavy atom. The van der Waals surface area contributed by atoms with Crippen LogP contribution in [0.1, 0.15) is 30.3 Å². The smallest absolute Gasteiger partial charge is 0.323 e. The van der Waals surface area contributed by atoms with E-state index in [4.69, 9.17) is 0 Å². The minimum absolute atomic E-state index is 0.00569. The maximum atomic E-state index is 12.7. The Hall–Kier alpha value is -3.11. The highest BCUT2D eigenvalue weighted by Crippen LogP contribution is 2.28. The lowest BCUT2D eigenvalue weighted by molar-refractivity contribution is -0.141. The van der Waals surface area contributed by atoms with Gasteiger partial charge in [-0.3, -0.25) is 18.8 Å². The molecule has 0 saturated carbocycles. The number of carbonyl (C=O) groups is 1. The fourth-order valence-corrected chi connectivity index (χ4v) is 2.67. The van der Waals surface area contributed by atoms with Gasteiger partial charge < -0.3 is 5.32 Å². The number of aromatic nitrogens is 6. The predicted molar refractivity (Wildman–Crippen MR) is 94.4 cm³/mol. The molecule has 11 heteroatoms. The molecule has 0 spiro atoms.